The Morgan fingerprint density at radius 1 is 1.26 bits per heavy atom. The van der Waals surface area contributed by atoms with E-state index >= 15 is 0 Å². The largest absolute Gasteiger partial charge is 0.497 e. The predicted octanol–water partition coefficient (Wildman–Crippen LogP) is 4.44. The minimum absolute atomic E-state index is 0.181. The molecule has 180 valence electrons. The van der Waals surface area contributed by atoms with Crippen LogP contribution in [0.1, 0.15) is 48.1 Å². The van der Waals surface area contributed by atoms with Crippen LogP contribution in [0.2, 0.25) is 0 Å². The highest BCUT2D eigenvalue weighted by Gasteiger charge is 2.44. The monoisotopic (exact) mass is 477 g/mol. The summed E-state index contributed by atoms with van der Waals surface area (Å²) < 4.78 is 61.5. The van der Waals surface area contributed by atoms with Gasteiger partial charge >= 0.3 is 6.18 Å². The van der Waals surface area contributed by atoms with Gasteiger partial charge in [-0.25, -0.2) is 9.07 Å². The molecule has 0 spiro atoms. The number of nitrogens with one attached hydrogen (secondary N) is 1. The summed E-state index contributed by atoms with van der Waals surface area (Å²) in [6.45, 7) is 1.08. The first-order valence-electron chi connectivity index (χ1n) is 10.6. The second-order valence-electron chi connectivity index (χ2n) is 8.33. The second-order valence-corrected chi connectivity index (χ2v) is 8.33. The zero-order chi connectivity index (χ0) is 24.7. The highest BCUT2D eigenvalue weighted by molar-refractivity contribution is 5.83. The average Bonchev–Trinajstić information content (AvgIpc) is 3.39. The maximum Gasteiger partial charge on any atom is 0.419 e. The summed E-state index contributed by atoms with van der Waals surface area (Å²) in [5, 5.41) is 16.5. The standard InChI is InChI=1S/C24H23F4N3O3/c1-14(15-6-7-18(20(25)10-15)23(33)8-9-23)22(32)29-13-21-19(24(26,27)28)12-30-31(21)16-4-3-5-17(11-16)34-2/h3-7,10-12,14,33H,8-9,13H2,1-2H3,(H,29,32). The third-order valence-electron chi connectivity index (χ3n) is 6.01. The maximum absolute atomic E-state index is 14.5. The third kappa shape index (κ3) is 4.63. The molecule has 34 heavy (non-hydrogen) atoms. The van der Waals surface area contributed by atoms with E-state index in [0.717, 1.165) is 4.68 Å². The SMILES string of the molecule is COc1cccc(-n2ncc(C(F)(F)F)c2CNC(=O)C(C)c2ccc(C3(O)CC3)c(F)c2)c1. The van der Waals surface area contributed by atoms with E-state index in [0.29, 0.717) is 36.0 Å². The first-order valence-corrected chi connectivity index (χ1v) is 10.6. The normalized spacial score (nSPS) is 15.6. The number of halogens is 4. The number of hydrogen-bond donors (Lipinski definition) is 2. The number of rotatable bonds is 7. The van der Waals surface area contributed by atoms with E-state index in [9.17, 15) is 27.5 Å². The molecular weight excluding hydrogens is 454 g/mol. The number of alkyl halides is 3. The van der Waals surface area contributed by atoms with E-state index in [1.165, 1.54) is 32.2 Å². The van der Waals surface area contributed by atoms with Crippen molar-refractivity contribution in [3.63, 3.8) is 0 Å². The predicted molar refractivity (Wildman–Crippen MR) is 115 cm³/mol. The summed E-state index contributed by atoms with van der Waals surface area (Å²) in [7, 11) is 1.44. The summed E-state index contributed by atoms with van der Waals surface area (Å²) >= 11 is 0. The quantitative estimate of drug-likeness (QED) is 0.494. The molecule has 1 heterocycles. The van der Waals surface area contributed by atoms with Crippen LogP contribution < -0.4 is 10.1 Å². The Labute approximate surface area is 193 Å². The fourth-order valence-electron chi connectivity index (χ4n) is 3.79. The first-order chi connectivity index (χ1) is 16.0. The molecule has 0 radical (unpaired) electrons. The maximum atomic E-state index is 14.5. The summed E-state index contributed by atoms with van der Waals surface area (Å²) in [5.74, 6) is -1.59. The molecule has 0 bridgehead atoms. The van der Waals surface area contributed by atoms with Gasteiger partial charge in [-0.3, -0.25) is 4.79 Å². The fraction of sp³-hybridized carbons (Fsp3) is 0.333. The van der Waals surface area contributed by atoms with E-state index in [2.05, 4.69) is 10.4 Å². The number of nitrogens with zero attached hydrogens (tertiary/aromatic N) is 2. The van der Waals surface area contributed by atoms with Gasteiger partial charge < -0.3 is 15.2 Å². The highest BCUT2D eigenvalue weighted by atomic mass is 19.4. The van der Waals surface area contributed by atoms with Crippen molar-refractivity contribution in [1.29, 1.82) is 0 Å². The minimum atomic E-state index is -4.68. The lowest BCUT2D eigenvalue weighted by Crippen LogP contribution is -2.29. The molecule has 1 atom stereocenters. The van der Waals surface area contributed by atoms with Gasteiger partial charge in [0.2, 0.25) is 5.91 Å². The third-order valence-corrected chi connectivity index (χ3v) is 6.01. The molecule has 1 aliphatic rings. The van der Waals surface area contributed by atoms with Crippen molar-refractivity contribution < 1.29 is 32.2 Å². The molecule has 2 aromatic carbocycles. The Hall–Kier alpha value is -3.40. The Bertz CT molecular complexity index is 1220. The molecule has 1 aliphatic carbocycles. The number of carbonyl (C=O) groups is 1. The van der Waals surface area contributed by atoms with Crippen LogP contribution in [0, 0.1) is 5.82 Å². The fourth-order valence-corrected chi connectivity index (χ4v) is 3.79. The van der Waals surface area contributed by atoms with E-state index < -0.39 is 41.5 Å². The van der Waals surface area contributed by atoms with Crippen molar-refractivity contribution in [2.24, 2.45) is 0 Å². The molecule has 1 unspecified atom stereocenters. The Kier molecular flexibility index (Phi) is 6.11. The lowest BCUT2D eigenvalue weighted by molar-refractivity contribution is -0.138. The van der Waals surface area contributed by atoms with Gasteiger partial charge in [0.1, 0.15) is 11.6 Å². The Morgan fingerprint density at radius 3 is 2.62 bits per heavy atom. The average molecular weight is 477 g/mol. The van der Waals surface area contributed by atoms with Crippen LogP contribution in [-0.4, -0.2) is 27.9 Å². The topological polar surface area (TPSA) is 76.4 Å². The number of carbonyl (C=O) groups excluding carboxylic acids is 1. The molecule has 3 aromatic rings. The summed E-state index contributed by atoms with van der Waals surface area (Å²) in [6.07, 6.45) is -3.02. The van der Waals surface area contributed by atoms with Crippen molar-refractivity contribution in [3.05, 3.63) is 76.9 Å². The minimum Gasteiger partial charge on any atom is -0.497 e. The van der Waals surface area contributed by atoms with Gasteiger partial charge in [0.15, 0.2) is 0 Å². The van der Waals surface area contributed by atoms with Crippen LogP contribution >= 0.6 is 0 Å². The molecule has 1 aromatic heterocycles. The first kappa shape index (κ1) is 23.7. The van der Waals surface area contributed by atoms with Crippen molar-refractivity contribution in [2.75, 3.05) is 7.11 Å². The molecule has 1 fully saturated rings. The van der Waals surface area contributed by atoms with Crippen LogP contribution in [0.15, 0.2) is 48.7 Å². The van der Waals surface area contributed by atoms with Gasteiger partial charge in [-0.2, -0.15) is 18.3 Å². The lowest BCUT2D eigenvalue weighted by Gasteiger charge is -2.17. The van der Waals surface area contributed by atoms with Gasteiger partial charge in [0, 0.05) is 11.6 Å². The number of amides is 1. The lowest BCUT2D eigenvalue weighted by atomic mass is 9.96. The van der Waals surface area contributed by atoms with Crippen LogP contribution in [-0.2, 0) is 23.1 Å². The molecule has 0 saturated heterocycles. The smallest absolute Gasteiger partial charge is 0.419 e. The van der Waals surface area contributed by atoms with Gasteiger partial charge in [-0.05, 0) is 43.5 Å². The van der Waals surface area contributed by atoms with Crippen molar-refractivity contribution in [3.8, 4) is 11.4 Å². The molecule has 4 rings (SSSR count). The zero-order valence-corrected chi connectivity index (χ0v) is 18.5. The van der Waals surface area contributed by atoms with E-state index in [4.69, 9.17) is 4.74 Å². The van der Waals surface area contributed by atoms with Gasteiger partial charge in [0.25, 0.3) is 0 Å². The van der Waals surface area contributed by atoms with Crippen LogP contribution in [0.4, 0.5) is 17.6 Å². The molecule has 2 N–H and O–H groups in total. The molecule has 1 saturated carbocycles. The molecule has 10 heteroatoms. The summed E-state index contributed by atoms with van der Waals surface area (Å²) in [5.41, 5.74) is -1.51. The van der Waals surface area contributed by atoms with E-state index in [1.54, 1.807) is 24.3 Å². The van der Waals surface area contributed by atoms with Gasteiger partial charge in [0.05, 0.1) is 48.3 Å². The van der Waals surface area contributed by atoms with Crippen LogP contribution in [0.5, 0.6) is 5.75 Å². The van der Waals surface area contributed by atoms with Crippen molar-refractivity contribution in [1.82, 2.24) is 15.1 Å². The number of aliphatic hydroxyl groups is 1. The van der Waals surface area contributed by atoms with E-state index in [-0.39, 0.29) is 11.3 Å². The molecule has 6 nitrogen and oxygen atoms in total. The number of benzene rings is 2. The number of aromatic nitrogens is 2. The van der Waals surface area contributed by atoms with Gasteiger partial charge in [-0.1, -0.05) is 18.2 Å². The molecular formula is C24H23F4N3O3. The van der Waals surface area contributed by atoms with E-state index in [1.807, 2.05) is 0 Å². The summed E-state index contributed by atoms with van der Waals surface area (Å²) in [6, 6.07) is 10.5. The second kappa shape index (κ2) is 8.75. The van der Waals surface area contributed by atoms with Crippen LogP contribution in [0.25, 0.3) is 5.69 Å². The number of methoxy groups -OCH3 is 1. The highest BCUT2D eigenvalue weighted by Crippen LogP contribution is 2.46. The summed E-state index contributed by atoms with van der Waals surface area (Å²) in [4.78, 5) is 12.7. The Morgan fingerprint density at radius 2 is 2.00 bits per heavy atom. The molecule has 0 aliphatic heterocycles. The number of ether oxygens (including phenoxy) is 1. The van der Waals surface area contributed by atoms with Crippen molar-refractivity contribution >= 4 is 5.91 Å². The van der Waals surface area contributed by atoms with Crippen molar-refractivity contribution in [2.45, 2.75) is 44.0 Å². The zero-order valence-electron chi connectivity index (χ0n) is 18.5. The molecule has 1 amide bonds. The van der Waals surface area contributed by atoms with Gasteiger partial charge in [-0.15, -0.1) is 0 Å². The Balaban J connectivity index is 1.56. The van der Waals surface area contributed by atoms with Crippen LogP contribution in [0.3, 0.4) is 0 Å². The number of hydrogen-bond acceptors (Lipinski definition) is 4.